The van der Waals surface area contributed by atoms with E-state index in [1.807, 2.05) is 38.1 Å². The van der Waals surface area contributed by atoms with Gasteiger partial charge in [0.2, 0.25) is 5.91 Å². The van der Waals surface area contributed by atoms with Crippen LogP contribution in [0.5, 0.6) is 0 Å². The smallest absolute Gasteiger partial charge is 0.227 e. The van der Waals surface area contributed by atoms with Crippen LogP contribution in [0.25, 0.3) is 0 Å². The molecular weight excluding hydrogens is 250 g/mol. The summed E-state index contributed by atoms with van der Waals surface area (Å²) in [5, 5.41) is 12.5. The molecule has 3 nitrogen and oxygen atoms in total. The topological polar surface area (TPSA) is 49.3 Å². The van der Waals surface area contributed by atoms with E-state index in [1.165, 1.54) is 0 Å². The second kappa shape index (κ2) is 7.44. The summed E-state index contributed by atoms with van der Waals surface area (Å²) in [4.78, 5) is 12.3. The van der Waals surface area contributed by atoms with E-state index < -0.39 is 0 Å². The number of benzene rings is 1. The maximum absolute atomic E-state index is 12.3. The predicted octanol–water partition coefficient (Wildman–Crippen LogP) is 3.01. The molecule has 112 valence electrons. The monoisotopic (exact) mass is 277 g/mol. The molecule has 20 heavy (non-hydrogen) atoms. The number of hydrogen-bond acceptors (Lipinski definition) is 2. The Labute approximate surface area is 122 Å². The second-order valence-corrected chi connectivity index (χ2v) is 5.72. The Balaban J connectivity index is 2.67. The normalized spacial score (nSPS) is 13.1. The molecular formula is C17H27NO2. The van der Waals surface area contributed by atoms with Gasteiger partial charge in [-0.05, 0) is 32.3 Å². The van der Waals surface area contributed by atoms with Crippen LogP contribution < -0.4 is 5.32 Å². The molecule has 1 aromatic carbocycles. The Morgan fingerprint density at radius 2 is 2.00 bits per heavy atom. The highest BCUT2D eigenvalue weighted by Crippen LogP contribution is 2.25. The molecule has 0 radical (unpaired) electrons. The van der Waals surface area contributed by atoms with Crippen LogP contribution in [0.3, 0.4) is 0 Å². The Morgan fingerprint density at radius 1 is 1.35 bits per heavy atom. The summed E-state index contributed by atoms with van der Waals surface area (Å²) in [7, 11) is 0. The molecule has 1 amide bonds. The number of carbonyl (C=O) groups excluding carboxylic acids is 1. The minimum Gasteiger partial charge on any atom is -0.396 e. The van der Waals surface area contributed by atoms with E-state index in [9.17, 15) is 9.90 Å². The first-order chi connectivity index (χ1) is 9.48. The van der Waals surface area contributed by atoms with Crippen LogP contribution in [-0.2, 0) is 4.79 Å². The highest BCUT2D eigenvalue weighted by molar-refractivity contribution is 5.83. The molecule has 1 aromatic rings. The van der Waals surface area contributed by atoms with Crippen molar-refractivity contribution in [2.24, 2.45) is 5.41 Å². The van der Waals surface area contributed by atoms with Crippen molar-refractivity contribution in [1.29, 1.82) is 0 Å². The Kier molecular flexibility index (Phi) is 6.21. The molecule has 0 aliphatic carbocycles. The molecule has 2 N–H and O–H groups in total. The molecule has 0 bridgehead atoms. The standard InChI is InChI=1S/C17H27NO2/c1-5-17(6-2,12-19)11-18-16(20)14(4)15-9-7-8-13(3)10-15/h7-10,14,19H,5-6,11-12H2,1-4H3,(H,18,20). The molecule has 1 rings (SSSR count). The van der Waals surface area contributed by atoms with Crippen molar-refractivity contribution in [3.05, 3.63) is 35.4 Å². The van der Waals surface area contributed by atoms with Gasteiger partial charge >= 0.3 is 0 Å². The third-order valence-corrected chi connectivity index (χ3v) is 4.41. The van der Waals surface area contributed by atoms with Gasteiger partial charge in [0.05, 0.1) is 12.5 Å². The molecule has 3 heteroatoms. The van der Waals surface area contributed by atoms with Gasteiger partial charge in [-0.1, -0.05) is 43.7 Å². The molecule has 0 aromatic heterocycles. The first-order valence-corrected chi connectivity index (χ1v) is 7.43. The average molecular weight is 277 g/mol. The first kappa shape index (κ1) is 16.7. The second-order valence-electron chi connectivity index (χ2n) is 5.72. The molecule has 0 spiro atoms. The zero-order valence-electron chi connectivity index (χ0n) is 13.1. The van der Waals surface area contributed by atoms with E-state index in [2.05, 4.69) is 19.2 Å². The lowest BCUT2D eigenvalue weighted by atomic mass is 9.83. The number of aliphatic hydroxyl groups excluding tert-OH is 1. The van der Waals surface area contributed by atoms with E-state index in [4.69, 9.17) is 0 Å². The number of carbonyl (C=O) groups is 1. The summed E-state index contributed by atoms with van der Waals surface area (Å²) in [5.41, 5.74) is 2.00. The summed E-state index contributed by atoms with van der Waals surface area (Å²) >= 11 is 0. The van der Waals surface area contributed by atoms with Gasteiger partial charge in [0.15, 0.2) is 0 Å². The van der Waals surface area contributed by atoms with Crippen molar-refractivity contribution in [3.63, 3.8) is 0 Å². The van der Waals surface area contributed by atoms with Crippen LogP contribution >= 0.6 is 0 Å². The van der Waals surface area contributed by atoms with Gasteiger partial charge in [-0.25, -0.2) is 0 Å². The molecule has 0 saturated heterocycles. The van der Waals surface area contributed by atoms with Gasteiger partial charge in [0.1, 0.15) is 0 Å². The van der Waals surface area contributed by atoms with Gasteiger partial charge in [-0.3, -0.25) is 4.79 Å². The van der Waals surface area contributed by atoms with Gasteiger partial charge in [-0.2, -0.15) is 0 Å². The van der Waals surface area contributed by atoms with Crippen molar-refractivity contribution in [1.82, 2.24) is 5.32 Å². The van der Waals surface area contributed by atoms with E-state index >= 15 is 0 Å². The SMILES string of the molecule is CCC(CC)(CO)CNC(=O)C(C)c1cccc(C)c1. The minimum atomic E-state index is -0.192. The Morgan fingerprint density at radius 3 is 2.50 bits per heavy atom. The fraction of sp³-hybridized carbons (Fsp3) is 0.588. The maximum atomic E-state index is 12.3. The van der Waals surface area contributed by atoms with Crippen LogP contribution in [0.2, 0.25) is 0 Å². The fourth-order valence-corrected chi connectivity index (χ4v) is 2.30. The predicted molar refractivity (Wildman–Crippen MR) is 82.7 cm³/mol. The largest absolute Gasteiger partial charge is 0.396 e. The molecule has 1 atom stereocenters. The van der Waals surface area contributed by atoms with E-state index in [1.54, 1.807) is 0 Å². The number of amides is 1. The first-order valence-electron chi connectivity index (χ1n) is 7.43. The molecule has 0 heterocycles. The van der Waals surface area contributed by atoms with Gasteiger partial charge in [0, 0.05) is 12.0 Å². The van der Waals surface area contributed by atoms with Crippen molar-refractivity contribution >= 4 is 5.91 Å². The van der Waals surface area contributed by atoms with E-state index in [0.717, 1.165) is 24.0 Å². The molecule has 0 fully saturated rings. The van der Waals surface area contributed by atoms with Crippen LogP contribution in [-0.4, -0.2) is 24.2 Å². The lowest BCUT2D eigenvalue weighted by molar-refractivity contribution is -0.122. The lowest BCUT2D eigenvalue weighted by Gasteiger charge is -2.30. The third kappa shape index (κ3) is 4.07. The summed E-state index contributed by atoms with van der Waals surface area (Å²) in [6.45, 7) is 8.69. The number of aliphatic hydroxyl groups is 1. The molecule has 1 unspecified atom stereocenters. The summed E-state index contributed by atoms with van der Waals surface area (Å²) < 4.78 is 0. The fourth-order valence-electron chi connectivity index (χ4n) is 2.30. The molecule has 0 aliphatic rings. The molecule has 0 aliphatic heterocycles. The van der Waals surface area contributed by atoms with Crippen LogP contribution in [0.1, 0.15) is 50.7 Å². The van der Waals surface area contributed by atoms with Gasteiger partial charge in [0.25, 0.3) is 0 Å². The third-order valence-electron chi connectivity index (χ3n) is 4.41. The quantitative estimate of drug-likeness (QED) is 0.805. The average Bonchev–Trinajstić information content (AvgIpc) is 2.48. The summed E-state index contributed by atoms with van der Waals surface area (Å²) in [6, 6.07) is 8.03. The Bertz CT molecular complexity index is 430. The van der Waals surface area contributed by atoms with Crippen molar-refractivity contribution < 1.29 is 9.90 Å². The molecule has 0 saturated carbocycles. The highest BCUT2D eigenvalue weighted by Gasteiger charge is 2.26. The number of nitrogens with one attached hydrogen (secondary N) is 1. The van der Waals surface area contributed by atoms with Gasteiger partial charge in [-0.15, -0.1) is 0 Å². The van der Waals surface area contributed by atoms with Crippen molar-refractivity contribution in [2.45, 2.75) is 46.5 Å². The maximum Gasteiger partial charge on any atom is 0.227 e. The van der Waals surface area contributed by atoms with E-state index in [-0.39, 0.29) is 23.8 Å². The summed E-state index contributed by atoms with van der Waals surface area (Å²) in [6.07, 6.45) is 1.72. The Hall–Kier alpha value is -1.35. The van der Waals surface area contributed by atoms with Crippen molar-refractivity contribution in [2.75, 3.05) is 13.2 Å². The van der Waals surface area contributed by atoms with Crippen molar-refractivity contribution in [3.8, 4) is 0 Å². The van der Waals surface area contributed by atoms with Gasteiger partial charge < -0.3 is 10.4 Å². The van der Waals surface area contributed by atoms with Crippen LogP contribution in [0.15, 0.2) is 24.3 Å². The summed E-state index contributed by atoms with van der Waals surface area (Å²) in [5.74, 6) is -0.143. The highest BCUT2D eigenvalue weighted by atomic mass is 16.3. The van der Waals surface area contributed by atoms with Crippen LogP contribution in [0.4, 0.5) is 0 Å². The zero-order valence-corrected chi connectivity index (χ0v) is 13.1. The van der Waals surface area contributed by atoms with Crippen LogP contribution in [0, 0.1) is 12.3 Å². The number of aryl methyl sites for hydroxylation is 1. The number of rotatable bonds is 7. The zero-order chi connectivity index (χ0) is 15.2. The minimum absolute atomic E-state index is 0.0234. The number of hydrogen-bond donors (Lipinski definition) is 2. The van der Waals surface area contributed by atoms with E-state index in [0.29, 0.717) is 6.54 Å². The lowest BCUT2D eigenvalue weighted by Crippen LogP contribution is -2.40.